The van der Waals surface area contributed by atoms with Crippen molar-refractivity contribution in [3.05, 3.63) is 35.9 Å². The van der Waals surface area contributed by atoms with Gasteiger partial charge < -0.3 is 9.47 Å². The quantitative estimate of drug-likeness (QED) is 0.370. The zero-order valence-electron chi connectivity index (χ0n) is 21.8. The van der Waals surface area contributed by atoms with E-state index in [2.05, 4.69) is 25.7 Å². The maximum absolute atomic E-state index is 12.3. The van der Waals surface area contributed by atoms with Crippen LogP contribution in [0.15, 0.2) is 30.3 Å². The number of carbonyl (C=O) groups excluding carboxylic acids is 2. The summed E-state index contributed by atoms with van der Waals surface area (Å²) in [5.74, 6) is 9.01. The molecule has 0 unspecified atom stereocenters. The first-order chi connectivity index (χ1) is 16.7. The van der Waals surface area contributed by atoms with Crippen molar-refractivity contribution >= 4 is 11.9 Å². The molecule has 188 valence electrons. The summed E-state index contributed by atoms with van der Waals surface area (Å²) in [6, 6.07) is 10.0. The van der Waals surface area contributed by atoms with Gasteiger partial charge in [0.15, 0.2) is 5.60 Å². The number of esters is 2. The van der Waals surface area contributed by atoms with E-state index in [4.69, 9.17) is 9.47 Å². The molecule has 8 atom stereocenters. The Hall–Kier alpha value is -2.28. The summed E-state index contributed by atoms with van der Waals surface area (Å²) in [6.07, 6.45) is 9.77. The monoisotopic (exact) mass is 476 g/mol. The molecule has 1 aromatic carbocycles. The topological polar surface area (TPSA) is 52.6 Å². The van der Waals surface area contributed by atoms with E-state index in [-0.39, 0.29) is 23.5 Å². The van der Waals surface area contributed by atoms with E-state index in [1.807, 2.05) is 30.3 Å². The van der Waals surface area contributed by atoms with E-state index in [1.165, 1.54) is 33.1 Å². The van der Waals surface area contributed by atoms with Gasteiger partial charge in [-0.25, -0.2) is 0 Å². The lowest BCUT2D eigenvalue weighted by Crippen LogP contribution is -2.57. The molecule has 0 N–H and O–H groups in total. The highest BCUT2D eigenvalue weighted by molar-refractivity contribution is 5.67. The third-order valence-electron chi connectivity index (χ3n) is 10.6. The van der Waals surface area contributed by atoms with E-state index in [1.54, 1.807) is 0 Å². The molecule has 5 rings (SSSR count). The van der Waals surface area contributed by atoms with Crippen LogP contribution in [0.1, 0.15) is 91.0 Å². The van der Waals surface area contributed by atoms with Crippen molar-refractivity contribution in [3.8, 4) is 11.8 Å². The number of hydrogen-bond donors (Lipinski definition) is 0. The minimum atomic E-state index is -0.713. The summed E-state index contributed by atoms with van der Waals surface area (Å²) in [7, 11) is 0. The summed E-state index contributed by atoms with van der Waals surface area (Å²) in [5, 5.41) is 0. The summed E-state index contributed by atoms with van der Waals surface area (Å²) in [6.45, 7) is 7.94. The van der Waals surface area contributed by atoms with Crippen molar-refractivity contribution in [2.75, 3.05) is 0 Å². The summed E-state index contributed by atoms with van der Waals surface area (Å²) in [4.78, 5) is 23.9. The van der Waals surface area contributed by atoms with Gasteiger partial charge in [-0.15, -0.1) is 0 Å². The molecule has 0 bridgehead atoms. The van der Waals surface area contributed by atoms with Crippen LogP contribution in [0.25, 0.3) is 0 Å². The number of benzene rings is 1. The molecule has 0 spiro atoms. The molecule has 4 nitrogen and oxygen atoms in total. The Kier molecular flexibility index (Phi) is 6.27. The van der Waals surface area contributed by atoms with Crippen molar-refractivity contribution in [1.82, 2.24) is 0 Å². The first kappa shape index (κ1) is 24.4. The highest BCUT2D eigenvalue weighted by Crippen LogP contribution is 2.69. The van der Waals surface area contributed by atoms with Crippen molar-refractivity contribution in [2.45, 2.75) is 97.2 Å². The largest absolute Gasteiger partial charge is 0.463 e. The Balaban J connectivity index is 1.42. The molecular formula is C31H40O4. The molecule has 4 aliphatic carbocycles. The SMILES string of the molecule is CC(=O)O[C@@H]1CC[C@]2(C)[C@H](CC[C@H]3[C@H]4CC[C@@](C#Cc5ccccc5)(OC(C)=O)[C@]4(C)CC[C@@H]32)C1. The van der Waals surface area contributed by atoms with E-state index in [0.717, 1.165) is 44.1 Å². The van der Waals surface area contributed by atoms with Crippen LogP contribution in [0.4, 0.5) is 0 Å². The molecule has 4 aliphatic rings. The van der Waals surface area contributed by atoms with Gasteiger partial charge in [0.05, 0.1) is 0 Å². The van der Waals surface area contributed by atoms with Crippen LogP contribution in [0.2, 0.25) is 0 Å². The zero-order chi connectivity index (χ0) is 24.8. The minimum absolute atomic E-state index is 0.0901. The molecule has 4 saturated carbocycles. The lowest BCUT2D eigenvalue weighted by Gasteiger charge is -2.61. The van der Waals surface area contributed by atoms with Crippen LogP contribution in [0, 0.1) is 46.3 Å². The number of rotatable bonds is 2. The van der Waals surface area contributed by atoms with Crippen LogP contribution >= 0.6 is 0 Å². The van der Waals surface area contributed by atoms with Crippen LogP contribution in [-0.4, -0.2) is 23.6 Å². The van der Waals surface area contributed by atoms with Gasteiger partial charge in [0, 0.05) is 24.8 Å². The second kappa shape index (κ2) is 8.99. The first-order valence-electron chi connectivity index (χ1n) is 13.6. The van der Waals surface area contributed by atoms with Crippen molar-refractivity contribution in [3.63, 3.8) is 0 Å². The van der Waals surface area contributed by atoms with E-state index < -0.39 is 5.60 Å². The number of hydrogen-bond acceptors (Lipinski definition) is 4. The van der Waals surface area contributed by atoms with Gasteiger partial charge in [0.25, 0.3) is 0 Å². The second-order valence-electron chi connectivity index (χ2n) is 12.2. The highest BCUT2D eigenvalue weighted by atomic mass is 16.6. The molecule has 0 heterocycles. The molecule has 0 amide bonds. The molecule has 0 aromatic heterocycles. The molecule has 0 aliphatic heterocycles. The van der Waals surface area contributed by atoms with Gasteiger partial charge in [-0.05, 0) is 105 Å². The van der Waals surface area contributed by atoms with Gasteiger partial charge in [-0.2, -0.15) is 0 Å². The van der Waals surface area contributed by atoms with Gasteiger partial charge in [0.2, 0.25) is 0 Å². The lowest BCUT2D eigenvalue weighted by atomic mass is 9.44. The highest BCUT2D eigenvalue weighted by Gasteiger charge is 2.66. The molecule has 1 aromatic rings. The average Bonchev–Trinajstić information content (AvgIpc) is 3.10. The first-order valence-corrected chi connectivity index (χ1v) is 13.6. The molecule has 35 heavy (non-hydrogen) atoms. The molecule has 0 saturated heterocycles. The molecule has 4 heteroatoms. The van der Waals surface area contributed by atoms with Gasteiger partial charge in [-0.1, -0.05) is 38.0 Å². The van der Waals surface area contributed by atoms with Crippen LogP contribution in [-0.2, 0) is 19.1 Å². The third-order valence-corrected chi connectivity index (χ3v) is 10.6. The third kappa shape index (κ3) is 4.09. The summed E-state index contributed by atoms with van der Waals surface area (Å²) < 4.78 is 11.8. The van der Waals surface area contributed by atoms with Gasteiger partial charge >= 0.3 is 11.9 Å². The Bertz CT molecular complexity index is 1040. The Morgan fingerprint density at radius 2 is 1.63 bits per heavy atom. The number of fused-ring (bicyclic) bond motifs is 5. The predicted molar refractivity (Wildman–Crippen MR) is 135 cm³/mol. The average molecular weight is 477 g/mol. The van der Waals surface area contributed by atoms with Crippen molar-refractivity contribution in [2.24, 2.45) is 34.5 Å². The van der Waals surface area contributed by atoms with E-state index >= 15 is 0 Å². The molecule has 4 fully saturated rings. The van der Waals surface area contributed by atoms with Gasteiger partial charge in [0.1, 0.15) is 6.10 Å². The van der Waals surface area contributed by atoms with Crippen molar-refractivity contribution in [1.29, 1.82) is 0 Å². The predicted octanol–water partition coefficient (Wildman–Crippen LogP) is 6.31. The van der Waals surface area contributed by atoms with E-state index in [9.17, 15) is 9.59 Å². The van der Waals surface area contributed by atoms with Crippen LogP contribution in [0.5, 0.6) is 0 Å². The Morgan fingerprint density at radius 3 is 2.34 bits per heavy atom. The fourth-order valence-electron chi connectivity index (χ4n) is 8.90. The lowest BCUT2D eigenvalue weighted by molar-refractivity contribution is -0.178. The minimum Gasteiger partial charge on any atom is -0.463 e. The fourth-order valence-corrected chi connectivity index (χ4v) is 8.90. The fraction of sp³-hybridized carbons (Fsp3) is 0.677. The molecule has 0 radical (unpaired) electrons. The standard InChI is InChI=1S/C31H40O4/c1-21(32)34-25-13-16-29(3)24(20-25)10-11-26-27(29)14-17-30(4)28(26)15-19-31(30,35-22(2)33)18-12-23-8-6-5-7-9-23/h5-9,24-28H,10-11,13-17,19-20H2,1-4H3/t24-,25-,26-,27+,28-,29-,30-,31-/m1/s1. The second-order valence-corrected chi connectivity index (χ2v) is 12.2. The maximum Gasteiger partial charge on any atom is 0.304 e. The molecular weight excluding hydrogens is 436 g/mol. The number of ether oxygens (including phenoxy) is 2. The van der Waals surface area contributed by atoms with Crippen LogP contribution in [0.3, 0.4) is 0 Å². The Morgan fingerprint density at radius 1 is 0.886 bits per heavy atom. The summed E-state index contributed by atoms with van der Waals surface area (Å²) >= 11 is 0. The maximum atomic E-state index is 12.3. The number of carbonyl (C=O) groups is 2. The normalized spacial score (nSPS) is 41.9. The summed E-state index contributed by atoms with van der Waals surface area (Å²) in [5.41, 5.74) is 0.440. The smallest absolute Gasteiger partial charge is 0.304 e. The van der Waals surface area contributed by atoms with E-state index in [0.29, 0.717) is 29.1 Å². The van der Waals surface area contributed by atoms with Crippen LogP contribution < -0.4 is 0 Å². The van der Waals surface area contributed by atoms with Crippen molar-refractivity contribution < 1.29 is 19.1 Å². The van der Waals surface area contributed by atoms with Gasteiger partial charge in [-0.3, -0.25) is 9.59 Å². The zero-order valence-corrected chi connectivity index (χ0v) is 21.8. The Labute approximate surface area is 210 Å².